The molecule has 2 rings (SSSR count). The lowest BCUT2D eigenvalue weighted by atomic mass is 10.2. The van der Waals surface area contributed by atoms with Crippen molar-refractivity contribution in [2.45, 2.75) is 4.90 Å². The fourth-order valence-electron chi connectivity index (χ4n) is 1.89. The van der Waals surface area contributed by atoms with Crippen molar-refractivity contribution in [3.05, 3.63) is 72.3 Å². The Labute approximate surface area is 118 Å². The van der Waals surface area contributed by atoms with Crippen LogP contribution in [0.1, 0.15) is 15.9 Å². The highest BCUT2D eigenvalue weighted by Crippen LogP contribution is 2.19. The second-order valence-corrected chi connectivity index (χ2v) is 6.25. The number of hydrogen-bond donors (Lipinski definition) is 0. The average molecular weight is 286 g/mol. The number of carbonyl (C=O) groups excluding carboxylic acids is 1. The number of hydrogen-bond acceptors (Lipinski definition) is 3. The van der Waals surface area contributed by atoms with Gasteiger partial charge in [0.1, 0.15) is 5.75 Å². The van der Waals surface area contributed by atoms with E-state index >= 15 is 0 Å². The maximum Gasteiger partial charge on any atom is 0.186 e. The summed E-state index contributed by atoms with van der Waals surface area (Å²) in [5.41, 5.74) is 0.903. The van der Waals surface area contributed by atoms with Gasteiger partial charge < -0.3 is 0 Å². The SMILES string of the molecule is C=Cc1ccccc1S(=O)(=O)CC(=O)c1ccccc1. The van der Waals surface area contributed by atoms with Crippen LogP contribution in [0.5, 0.6) is 0 Å². The number of rotatable bonds is 5. The predicted molar refractivity (Wildman–Crippen MR) is 79.4 cm³/mol. The van der Waals surface area contributed by atoms with Gasteiger partial charge in [-0.25, -0.2) is 8.42 Å². The molecule has 3 nitrogen and oxygen atoms in total. The van der Waals surface area contributed by atoms with Crippen LogP contribution in [0.4, 0.5) is 0 Å². The summed E-state index contributed by atoms with van der Waals surface area (Å²) in [5, 5.41) is 0. The summed E-state index contributed by atoms with van der Waals surface area (Å²) < 4.78 is 24.7. The van der Waals surface area contributed by atoms with E-state index in [2.05, 4.69) is 6.58 Å². The Morgan fingerprint density at radius 1 is 1.00 bits per heavy atom. The molecule has 0 spiro atoms. The molecule has 0 aliphatic heterocycles. The van der Waals surface area contributed by atoms with Crippen molar-refractivity contribution in [3.8, 4) is 0 Å². The zero-order valence-electron chi connectivity index (χ0n) is 10.8. The maximum absolute atomic E-state index is 12.3. The number of carbonyl (C=O) groups is 1. The Morgan fingerprint density at radius 3 is 2.25 bits per heavy atom. The molecule has 0 aliphatic carbocycles. The van der Waals surface area contributed by atoms with Crippen LogP contribution in [-0.2, 0) is 9.84 Å². The molecule has 2 aromatic rings. The summed E-state index contributed by atoms with van der Waals surface area (Å²) in [6, 6.07) is 14.9. The Morgan fingerprint density at radius 2 is 1.60 bits per heavy atom. The average Bonchev–Trinajstić information content (AvgIpc) is 2.47. The first-order valence-electron chi connectivity index (χ1n) is 6.07. The van der Waals surface area contributed by atoms with Crippen LogP contribution in [0, 0.1) is 0 Å². The fourth-order valence-corrected chi connectivity index (χ4v) is 3.35. The molecule has 0 N–H and O–H groups in total. The van der Waals surface area contributed by atoms with Gasteiger partial charge in [0, 0.05) is 5.56 Å². The van der Waals surface area contributed by atoms with Gasteiger partial charge in [0.25, 0.3) is 0 Å². The molecule has 0 amide bonds. The Kier molecular flexibility index (Phi) is 4.15. The minimum atomic E-state index is -3.67. The summed E-state index contributed by atoms with van der Waals surface area (Å²) in [6.07, 6.45) is 1.47. The van der Waals surface area contributed by atoms with E-state index in [1.807, 2.05) is 0 Å². The van der Waals surface area contributed by atoms with Crippen molar-refractivity contribution in [1.82, 2.24) is 0 Å². The summed E-state index contributed by atoms with van der Waals surface area (Å²) in [6.45, 7) is 3.59. The lowest BCUT2D eigenvalue weighted by Crippen LogP contribution is -2.17. The van der Waals surface area contributed by atoms with E-state index in [1.165, 1.54) is 12.1 Å². The fraction of sp³-hybridized carbons (Fsp3) is 0.0625. The quantitative estimate of drug-likeness (QED) is 0.794. The standard InChI is InChI=1S/C16H14O3S/c1-2-13-8-6-7-11-16(13)20(18,19)12-15(17)14-9-4-3-5-10-14/h2-11H,1,12H2. The maximum atomic E-state index is 12.3. The zero-order chi connectivity index (χ0) is 14.6. The molecule has 0 radical (unpaired) electrons. The normalized spacial score (nSPS) is 11.0. The van der Waals surface area contributed by atoms with Gasteiger partial charge in [0.05, 0.1) is 4.90 Å². The van der Waals surface area contributed by atoms with Crippen LogP contribution in [0.25, 0.3) is 6.08 Å². The molecule has 102 valence electrons. The number of Topliss-reactive ketones (excluding diaryl/α,β-unsaturated/α-hetero) is 1. The molecule has 0 aromatic heterocycles. The molecule has 0 fully saturated rings. The molecule has 0 heterocycles. The third-order valence-corrected chi connectivity index (χ3v) is 4.57. The van der Waals surface area contributed by atoms with Crippen LogP contribution in [0.15, 0.2) is 66.1 Å². The molecule has 0 saturated heterocycles. The molecule has 0 bridgehead atoms. The highest BCUT2D eigenvalue weighted by Gasteiger charge is 2.22. The van der Waals surface area contributed by atoms with Crippen LogP contribution >= 0.6 is 0 Å². The number of ketones is 1. The molecule has 0 unspecified atom stereocenters. The van der Waals surface area contributed by atoms with Crippen molar-refractivity contribution >= 4 is 21.7 Å². The van der Waals surface area contributed by atoms with Crippen molar-refractivity contribution in [2.75, 3.05) is 5.75 Å². The smallest absolute Gasteiger partial charge is 0.186 e. The minimum Gasteiger partial charge on any atom is -0.293 e. The lowest BCUT2D eigenvalue weighted by Gasteiger charge is -2.07. The van der Waals surface area contributed by atoms with E-state index in [1.54, 1.807) is 48.5 Å². The minimum absolute atomic E-state index is 0.138. The number of benzene rings is 2. The van der Waals surface area contributed by atoms with E-state index in [-0.39, 0.29) is 4.90 Å². The topological polar surface area (TPSA) is 51.2 Å². The van der Waals surface area contributed by atoms with Gasteiger partial charge in [-0.3, -0.25) is 4.79 Å². The van der Waals surface area contributed by atoms with Gasteiger partial charge in [-0.05, 0) is 11.6 Å². The number of sulfone groups is 1. The first-order valence-corrected chi connectivity index (χ1v) is 7.72. The van der Waals surface area contributed by atoms with Gasteiger partial charge in [0.15, 0.2) is 15.6 Å². The summed E-state index contributed by atoms with van der Waals surface area (Å²) >= 11 is 0. The van der Waals surface area contributed by atoms with Crippen LogP contribution in [-0.4, -0.2) is 20.0 Å². The van der Waals surface area contributed by atoms with E-state index in [9.17, 15) is 13.2 Å². The van der Waals surface area contributed by atoms with E-state index in [0.29, 0.717) is 11.1 Å². The largest absolute Gasteiger partial charge is 0.293 e. The van der Waals surface area contributed by atoms with E-state index < -0.39 is 21.4 Å². The van der Waals surface area contributed by atoms with Gasteiger partial charge in [-0.1, -0.05) is 61.2 Å². The van der Waals surface area contributed by atoms with Crippen molar-refractivity contribution in [3.63, 3.8) is 0 Å². The summed E-state index contributed by atoms with van der Waals surface area (Å²) in [4.78, 5) is 12.2. The molecule has 2 aromatic carbocycles. The first-order chi connectivity index (χ1) is 9.54. The van der Waals surface area contributed by atoms with E-state index in [4.69, 9.17) is 0 Å². The summed E-state index contributed by atoms with van der Waals surface area (Å²) in [5.74, 6) is -0.952. The highest BCUT2D eigenvalue weighted by atomic mass is 32.2. The highest BCUT2D eigenvalue weighted by molar-refractivity contribution is 7.92. The van der Waals surface area contributed by atoms with Crippen molar-refractivity contribution < 1.29 is 13.2 Å². The molecule has 20 heavy (non-hydrogen) atoms. The van der Waals surface area contributed by atoms with Gasteiger partial charge >= 0.3 is 0 Å². The Balaban J connectivity index is 2.33. The molecular formula is C16H14O3S. The molecule has 0 saturated carbocycles. The van der Waals surface area contributed by atoms with Gasteiger partial charge in [-0.2, -0.15) is 0 Å². The Bertz CT molecular complexity index is 731. The second kappa shape index (κ2) is 5.84. The predicted octanol–water partition coefficient (Wildman–Crippen LogP) is 2.99. The van der Waals surface area contributed by atoms with Crippen molar-refractivity contribution in [2.24, 2.45) is 0 Å². The third-order valence-electron chi connectivity index (χ3n) is 2.89. The first kappa shape index (κ1) is 14.2. The third kappa shape index (κ3) is 3.03. The van der Waals surface area contributed by atoms with Crippen LogP contribution in [0.2, 0.25) is 0 Å². The summed E-state index contributed by atoms with van der Waals surface area (Å²) in [7, 11) is -3.67. The van der Waals surface area contributed by atoms with Gasteiger partial charge in [0.2, 0.25) is 0 Å². The molecule has 4 heteroatoms. The van der Waals surface area contributed by atoms with E-state index in [0.717, 1.165) is 0 Å². The monoisotopic (exact) mass is 286 g/mol. The Hall–Kier alpha value is -2.20. The van der Waals surface area contributed by atoms with Crippen molar-refractivity contribution in [1.29, 1.82) is 0 Å². The molecule has 0 aliphatic rings. The molecular weight excluding hydrogens is 272 g/mol. The van der Waals surface area contributed by atoms with Crippen LogP contribution < -0.4 is 0 Å². The second-order valence-electron chi connectivity index (χ2n) is 4.29. The lowest BCUT2D eigenvalue weighted by molar-refractivity contribution is 0.102. The van der Waals surface area contributed by atoms with Gasteiger partial charge in [-0.15, -0.1) is 0 Å². The molecule has 0 atom stereocenters. The zero-order valence-corrected chi connectivity index (χ0v) is 11.6. The van der Waals surface area contributed by atoms with Crippen LogP contribution in [0.3, 0.4) is 0 Å².